The first-order chi connectivity index (χ1) is 13.0. The Balaban J connectivity index is 1.70. The van der Waals surface area contributed by atoms with Crippen molar-refractivity contribution in [1.29, 1.82) is 0 Å². The molecule has 2 aromatic heterocycles. The van der Waals surface area contributed by atoms with Gasteiger partial charge < -0.3 is 14.7 Å². The predicted octanol–water partition coefficient (Wildman–Crippen LogP) is 2.74. The lowest BCUT2D eigenvalue weighted by atomic mass is 9.93. The van der Waals surface area contributed by atoms with Crippen LogP contribution in [0.25, 0.3) is 10.2 Å². The van der Waals surface area contributed by atoms with Crippen LogP contribution in [-0.2, 0) is 11.3 Å². The summed E-state index contributed by atoms with van der Waals surface area (Å²) >= 11 is 1.77. The van der Waals surface area contributed by atoms with Crippen molar-refractivity contribution in [2.75, 3.05) is 44.3 Å². The van der Waals surface area contributed by atoms with Crippen LogP contribution in [-0.4, -0.2) is 65.5 Å². The van der Waals surface area contributed by atoms with E-state index in [1.807, 2.05) is 6.92 Å². The molecule has 2 unspecified atom stereocenters. The van der Waals surface area contributed by atoms with Crippen molar-refractivity contribution in [3.8, 4) is 0 Å². The number of hydrogen-bond acceptors (Lipinski definition) is 7. The Kier molecular flexibility index (Phi) is 5.64. The molecule has 2 aliphatic heterocycles. The maximum absolute atomic E-state index is 10.1. The quantitative estimate of drug-likeness (QED) is 0.866. The molecule has 0 aliphatic carbocycles. The number of thiophene rings is 1. The number of piperidine rings is 1. The monoisotopic (exact) mass is 390 g/mol. The molecular formula is C20H30N4O2S. The molecule has 2 atom stereocenters. The second-order valence-electron chi connectivity index (χ2n) is 7.90. The van der Waals surface area contributed by atoms with E-state index in [0.29, 0.717) is 5.92 Å². The highest BCUT2D eigenvalue weighted by atomic mass is 32.1. The van der Waals surface area contributed by atoms with E-state index in [4.69, 9.17) is 14.7 Å². The summed E-state index contributed by atoms with van der Waals surface area (Å²) in [5.74, 6) is 2.28. The highest BCUT2D eigenvalue weighted by Gasteiger charge is 2.27. The Hall–Kier alpha value is -1.28. The molecule has 0 aromatic carbocycles. The molecule has 6 nitrogen and oxygen atoms in total. The summed E-state index contributed by atoms with van der Waals surface area (Å²) in [4.78, 5) is 17.1. The van der Waals surface area contributed by atoms with Gasteiger partial charge in [-0.3, -0.25) is 4.90 Å². The number of aryl methyl sites for hydroxylation is 2. The number of aliphatic hydroxyl groups excluding tert-OH is 1. The summed E-state index contributed by atoms with van der Waals surface area (Å²) in [5.41, 5.74) is 1.29. The summed E-state index contributed by atoms with van der Waals surface area (Å²) in [7, 11) is 0. The van der Waals surface area contributed by atoms with Gasteiger partial charge in [-0.15, -0.1) is 11.3 Å². The van der Waals surface area contributed by atoms with Crippen molar-refractivity contribution in [1.82, 2.24) is 14.9 Å². The molecule has 1 N–H and O–H groups in total. The molecule has 27 heavy (non-hydrogen) atoms. The first-order valence-corrected chi connectivity index (χ1v) is 10.8. The lowest BCUT2D eigenvalue weighted by molar-refractivity contribution is 0.0331. The number of nitrogens with zero attached hydrogens (tertiary/aromatic N) is 4. The molecule has 0 bridgehead atoms. The normalized spacial score (nSPS) is 23.1. The molecular weight excluding hydrogens is 360 g/mol. The van der Waals surface area contributed by atoms with E-state index in [9.17, 15) is 5.11 Å². The van der Waals surface area contributed by atoms with Gasteiger partial charge in [-0.05, 0) is 39.2 Å². The van der Waals surface area contributed by atoms with Crippen molar-refractivity contribution >= 4 is 27.4 Å². The summed E-state index contributed by atoms with van der Waals surface area (Å²) < 4.78 is 5.47. The number of rotatable bonds is 4. The average Bonchev–Trinajstić information content (AvgIpc) is 2.96. The number of fused-ring (bicyclic) bond motifs is 1. The number of ether oxygens (including phenoxy) is 1. The predicted molar refractivity (Wildman–Crippen MR) is 110 cm³/mol. The third-order valence-corrected chi connectivity index (χ3v) is 7.07. The van der Waals surface area contributed by atoms with Crippen LogP contribution >= 0.6 is 11.3 Å². The van der Waals surface area contributed by atoms with Gasteiger partial charge in [0.05, 0.1) is 31.2 Å². The first kappa shape index (κ1) is 19.1. The van der Waals surface area contributed by atoms with Crippen molar-refractivity contribution < 1.29 is 9.84 Å². The van der Waals surface area contributed by atoms with Gasteiger partial charge in [0.2, 0.25) is 0 Å². The molecule has 0 amide bonds. The van der Waals surface area contributed by atoms with Crippen LogP contribution in [0.2, 0.25) is 0 Å². The van der Waals surface area contributed by atoms with Crippen LogP contribution in [0.4, 0.5) is 5.82 Å². The number of aliphatic hydroxyl groups is 1. The van der Waals surface area contributed by atoms with Crippen LogP contribution < -0.4 is 4.90 Å². The van der Waals surface area contributed by atoms with Crippen molar-refractivity contribution in [3.63, 3.8) is 0 Å². The zero-order valence-corrected chi connectivity index (χ0v) is 17.4. The molecule has 4 rings (SSSR count). The van der Waals surface area contributed by atoms with Gasteiger partial charge >= 0.3 is 0 Å². The summed E-state index contributed by atoms with van der Waals surface area (Å²) in [6.45, 7) is 12.4. The van der Waals surface area contributed by atoms with Gasteiger partial charge in [0.15, 0.2) is 0 Å². The van der Waals surface area contributed by atoms with Gasteiger partial charge in [0.25, 0.3) is 0 Å². The SMILES string of the molecule is Cc1sc2nc(CN3CCOCC3)nc(N3CCCC(C(C)O)C3)c2c1C. The van der Waals surface area contributed by atoms with Gasteiger partial charge in [0.1, 0.15) is 16.5 Å². The Bertz CT molecular complexity index is 801. The van der Waals surface area contributed by atoms with Crippen LogP contribution in [0.3, 0.4) is 0 Å². The fraction of sp³-hybridized carbons (Fsp3) is 0.700. The highest BCUT2D eigenvalue weighted by Crippen LogP contribution is 2.37. The lowest BCUT2D eigenvalue weighted by Gasteiger charge is -2.35. The van der Waals surface area contributed by atoms with E-state index in [1.54, 1.807) is 11.3 Å². The van der Waals surface area contributed by atoms with E-state index >= 15 is 0 Å². The largest absolute Gasteiger partial charge is 0.393 e. The minimum atomic E-state index is -0.275. The smallest absolute Gasteiger partial charge is 0.146 e. The minimum Gasteiger partial charge on any atom is -0.393 e. The number of aromatic nitrogens is 2. The second kappa shape index (κ2) is 7.99. The Morgan fingerprint density at radius 2 is 2.00 bits per heavy atom. The maximum atomic E-state index is 10.1. The third kappa shape index (κ3) is 3.97. The van der Waals surface area contributed by atoms with Gasteiger partial charge in [0, 0.05) is 37.0 Å². The molecule has 2 fully saturated rings. The van der Waals surface area contributed by atoms with Crippen LogP contribution in [0, 0.1) is 19.8 Å². The molecule has 0 radical (unpaired) electrons. The van der Waals surface area contributed by atoms with Crippen LogP contribution in [0.15, 0.2) is 0 Å². The molecule has 0 spiro atoms. The zero-order chi connectivity index (χ0) is 19.0. The maximum Gasteiger partial charge on any atom is 0.146 e. The van der Waals surface area contributed by atoms with Gasteiger partial charge in [-0.1, -0.05) is 0 Å². The molecule has 4 heterocycles. The first-order valence-electron chi connectivity index (χ1n) is 10.0. The van der Waals surface area contributed by atoms with Gasteiger partial charge in [-0.2, -0.15) is 0 Å². The number of hydrogen-bond donors (Lipinski definition) is 1. The molecule has 7 heteroatoms. The van der Waals surface area contributed by atoms with Crippen molar-refractivity contribution in [2.24, 2.45) is 5.92 Å². The highest BCUT2D eigenvalue weighted by molar-refractivity contribution is 7.18. The van der Waals surface area contributed by atoms with Crippen LogP contribution in [0.5, 0.6) is 0 Å². The Morgan fingerprint density at radius 3 is 2.74 bits per heavy atom. The summed E-state index contributed by atoms with van der Waals surface area (Å²) in [6, 6.07) is 0. The van der Waals surface area contributed by atoms with E-state index in [2.05, 4.69) is 23.6 Å². The number of anilines is 1. The molecule has 2 saturated heterocycles. The topological polar surface area (TPSA) is 61.7 Å². The fourth-order valence-electron chi connectivity index (χ4n) is 4.13. The van der Waals surface area contributed by atoms with Crippen molar-refractivity contribution in [2.45, 2.75) is 46.3 Å². The molecule has 148 valence electrons. The lowest BCUT2D eigenvalue weighted by Crippen LogP contribution is -2.40. The summed E-state index contributed by atoms with van der Waals surface area (Å²) in [6.07, 6.45) is 1.91. The van der Waals surface area contributed by atoms with E-state index in [0.717, 1.165) is 75.3 Å². The standard InChI is InChI=1S/C20H30N4O2S/c1-13-15(3)27-20-18(13)19(24-6-4-5-16(11-24)14(2)25)21-17(22-20)12-23-7-9-26-10-8-23/h14,16,25H,4-12H2,1-3H3. The molecule has 2 aliphatic rings. The van der Waals surface area contributed by atoms with E-state index in [1.165, 1.54) is 15.8 Å². The molecule has 0 saturated carbocycles. The second-order valence-corrected chi connectivity index (χ2v) is 9.11. The average molecular weight is 391 g/mol. The third-order valence-electron chi connectivity index (χ3n) is 5.96. The van der Waals surface area contributed by atoms with E-state index in [-0.39, 0.29) is 6.10 Å². The van der Waals surface area contributed by atoms with E-state index < -0.39 is 0 Å². The Labute approximate surface area is 165 Å². The van der Waals surface area contributed by atoms with Crippen molar-refractivity contribution in [3.05, 3.63) is 16.3 Å². The van der Waals surface area contributed by atoms with Gasteiger partial charge in [-0.25, -0.2) is 9.97 Å². The number of morpholine rings is 1. The minimum absolute atomic E-state index is 0.275. The summed E-state index contributed by atoms with van der Waals surface area (Å²) in [5, 5.41) is 11.3. The Morgan fingerprint density at radius 1 is 1.22 bits per heavy atom. The zero-order valence-electron chi connectivity index (χ0n) is 16.6. The van der Waals surface area contributed by atoms with Crippen LogP contribution in [0.1, 0.15) is 36.0 Å². The molecule has 2 aromatic rings. The fourth-order valence-corrected chi connectivity index (χ4v) is 5.17.